The van der Waals surface area contributed by atoms with Gasteiger partial charge >= 0.3 is 0 Å². The van der Waals surface area contributed by atoms with Crippen molar-refractivity contribution < 1.29 is 14.4 Å². The third-order valence-corrected chi connectivity index (χ3v) is 4.14. The van der Waals surface area contributed by atoms with Crippen LogP contribution in [0.1, 0.15) is 12.6 Å². The minimum absolute atomic E-state index is 0.156. The number of aryl methyl sites for hydroxylation is 1. The van der Waals surface area contributed by atoms with Crippen molar-refractivity contribution in [3.8, 4) is 10.4 Å². The Morgan fingerprint density at radius 3 is 2.38 bits per heavy atom. The summed E-state index contributed by atoms with van der Waals surface area (Å²) in [7, 11) is 0. The van der Waals surface area contributed by atoms with Gasteiger partial charge in [0.2, 0.25) is 17.7 Å². The largest absolute Gasteiger partial charge is 0.347 e. The Hall–Kier alpha value is -2.74. The van der Waals surface area contributed by atoms with Gasteiger partial charge in [-0.2, -0.15) is 0 Å². The Bertz CT molecular complexity index is 743. The van der Waals surface area contributed by atoms with E-state index < -0.39 is 5.91 Å². The molecule has 1 aromatic carbocycles. The molecule has 0 aliphatic rings. The van der Waals surface area contributed by atoms with Gasteiger partial charge in [0, 0.05) is 6.92 Å². The topological polar surface area (TPSA) is 100 Å². The molecule has 126 valence electrons. The molecular weight excluding hydrogens is 328 g/mol. The lowest BCUT2D eigenvalue weighted by Gasteiger charge is -2.05. The van der Waals surface area contributed by atoms with Crippen molar-refractivity contribution in [2.24, 2.45) is 0 Å². The molecule has 8 heteroatoms. The average molecular weight is 346 g/mol. The Balaban J connectivity index is 1.89. The van der Waals surface area contributed by atoms with Crippen LogP contribution in [-0.4, -0.2) is 35.8 Å². The summed E-state index contributed by atoms with van der Waals surface area (Å²) >= 11 is 1.38. The molecule has 0 bridgehead atoms. The Morgan fingerprint density at radius 1 is 1.04 bits per heavy atom. The summed E-state index contributed by atoms with van der Waals surface area (Å²) in [6.07, 6.45) is 0. The van der Waals surface area contributed by atoms with Crippen LogP contribution >= 0.6 is 11.3 Å². The fourth-order valence-electron chi connectivity index (χ4n) is 1.92. The van der Waals surface area contributed by atoms with Crippen LogP contribution in [-0.2, 0) is 14.4 Å². The molecule has 7 nitrogen and oxygen atoms in total. The molecule has 24 heavy (non-hydrogen) atoms. The first-order valence-electron chi connectivity index (χ1n) is 7.29. The predicted octanol–water partition coefficient (Wildman–Crippen LogP) is 1.31. The number of hydrogen-bond donors (Lipinski definition) is 3. The summed E-state index contributed by atoms with van der Waals surface area (Å²) in [4.78, 5) is 39.3. The molecule has 0 unspecified atom stereocenters. The van der Waals surface area contributed by atoms with Crippen molar-refractivity contribution in [3.63, 3.8) is 0 Å². The van der Waals surface area contributed by atoms with Crippen LogP contribution in [0.5, 0.6) is 0 Å². The number of rotatable bonds is 6. The molecular formula is C16H18N4O3S. The van der Waals surface area contributed by atoms with E-state index in [1.165, 1.54) is 18.3 Å². The fraction of sp³-hybridized carbons (Fsp3) is 0.250. The lowest BCUT2D eigenvalue weighted by atomic mass is 10.2. The third-order valence-electron chi connectivity index (χ3n) is 3.02. The second-order valence-corrected chi connectivity index (χ2v) is 6.03. The number of carbonyl (C=O) groups is 3. The third kappa shape index (κ3) is 5.17. The van der Waals surface area contributed by atoms with E-state index in [2.05, 4.69) is 20.9 Å². The number of carbonyl (C=O) groups excluding carboxylic acids is 3. The molecule has 1 aromatic heterocycles. The lowest BCUT2D eigenvalue weighted by molar-refractivity contribution is -0.126. The number of nitrogens with zero attached hydrogens (tertiary/aromatic N) is 1. The van der Waals surface area contributed by atoms with Gasteiger partial charge < -0.3 is 16.0 Å². The number of benzene rings is 1. The van der Waals surface area contributed by atoms with Crippen molar-refractivity contribution in [1.29, 1.82) is 0 Å². The maximum absolute atomic E-state index is 11.9. The van der Waals surface area contributed by atoms with Gasteiger partial charge in [0.1, 0.15) is 0 Å². The number of aromatic nitrogens is 1. The monoisotopic (exact) mass is 346 g/mol. The summed E-state index contributed by atoms with van der Waals surface area (Å²) in [6, 6.07) is 9.78. The van der Waals surface area contributed by atoms with E-state index in [1.807, 2.05) is 37.3 Å². The first-order valence-corrected chi connectivity index (χ1v) is 8.11. The molecule has 0 aliphatic heterocycles. The zero-order valence-corrected chi connectivity index (χ0v) is 14.2. The second kappa shape index (κ2) is 8.21. The van der Waals surface area contributed by atoms with Gasteiger partial charge in [-0.25, -0.2) is 4.98 Å². The number of amides is 3. The smallest absolute Gasteiger partial charge is 0.245 e. The minimum Gasteiger partial charge on any atom is -0.347 e. The van der Waals surface area contributed by atoms with E-state index in [9.17, 15) is 14.4 Å². The lowest BCUT2D eigenvalue weighted by Crippen LogP contribution is -2.39. The molecule has 0 fully saturated rings. The van der Waals surface area contributed by atoms with E-state index in [0.29, 0.717) is 5.13 Å². The quantitative estimate of drug-likeness (QED) is 0.734. The maximum Gasteiger partial charge on any atom is 0.245 e. The van der Waals surface area contributed by atoms with Gasteiger partial charge in [-0.15, -0.1) is 0 Å². The summed E-state index contributed by atoms with van der Waals surface area (Å²) in [5.74, 6) is -1.11. The highest BCUT2D eigenvalue weighted by molar-refractivity contribution is 7.19. The highest BCUT2D eigenvalue weighted by Gasteiger charge is 2.12. The average Bonchev–Trinajstić information content (AvgIpc) is 2.92. The normalized spacial score (nSPS) is 10.1. The molecule has 0 aliphatic carbocycles. The van der Waals surface area contributed by atoms with E-state index in [0.717, 1.165) is 16.1 Å². The van der Waals surface area contributed by atoms with Crippen LogP contribution in [0.15, 0.2) is 30.3 Å². The van der Waals surface area contributed by atoms with Gasteiger partial charge in [0.25, 0.3) is 0 Å². The number of nitrogens with one attached hydrogen (secondary N) is 3. The molecule has 1 heterocycles. The van der Waals surface area contributed by atoms with Gasteiger partial charge in [0.15, 0.2) is 5.13 Å². The molecule has 0 spiro atoms. The van der Waals surface area contributed by atoms with Crippen molar-refractivity contribution >= 4 is 34.2 Å². The Kier molecular flexibility index (Phi) is 6.02. The summed E-state index contributed by atoms with van der Waals surface area (Å²) < 4.78 is 0. The van der Waals surface area contributed by atoms with Crippen molar-refractivity contribution in [2.75, 3.05) is 18.4 Å². The molecule has 0 saturated carbocycles. The summed E-state index contributed by atoms with van der Waals surface area (Å²) in [6.45, 7) is 2.85. The second-order valence-electron chi connectivity index (χ2n) is 5.03. The van der Waals surface area contributed by atoms with Crippen LogP contribution in [0, 0.1) is 6.92 Å². The fourth-order valence-corrected chi connectivity index (χ4v) is 2.90. The molecule has 2 aromatic rings. The van der Waals surface area contributed by atoms with E-state index in [4.69, 9.17) is 0 Å². The van der Waals surface area contributed by atoms with E-state index in [-0.39, 0.29) is 24.9 Å². The molecule has 0 saturated heterocycles. The van der Waals surface area contributed by atoms with Crippen LogP contribution in [0.25, 0.3) is 10.4 Å². The zero-order valence-electron chi connectivity index (χ0n) is 13.4. The molecule has 2 rings (SSSR count). The minimum atomic E-state index is -0.430. The van der Waals surface area contributed by atoms with Gasteiger partial charge in [-0.05, 0) is 12.5 Å². The van der Waals surface area contributed by atoms with E-state index in [1.54, 1.807) is 0 Å². The first-order chi connectivity index (χ1) is 11.5. The Morgan fingerprint density at radius 2 is 1.71 bits per heavy atom. The molecule has 3 N–H and O–H groups in total. The van der Waals surface area contributed by atoms with Gasteiger partial charge in [0.05, 0.1) is 23.7 Å². The molecule has 3 amide bonds. The first kappa shape index (κ1) is 17.6. The van der Waals surface area contributed by atoms with Gasteiger partial charge in [-0.3, -0.25) is 14.4 Å². The number of anilines is 1. The van der Waals surface area contributed by atoms with Crippen LogP contribution in [0.4, 0.5) is 5.13 Å². The van der Waals surface area contributed by atoms with Crippen molar-refractivity contribution in [3.05, 3.63) is 36.0 Å². The highest BCUT2D eigenvalue weighted by Crippen LogP contribution is 2.32. The summed E-state index contributed by atoms with van der Waals surface area (Å²) in [5.41, 5.74) is 1.87. The van der Waals surface area contributed by atoms with E-state index >= 15 is 0 Å². The Labute approximate surface area is 143 Å². The molecule has 0 atom stereocenters. The van der Waals surface area contributed by atoms with Crippen LogP contribution < -0.4 is 16.0 Å². The zero-order chi connectivity index (χ0) is 17.5. The molecule has 0 radical (unpaired) electrons. The number of hydrogen-bond acceptors (Lipinski definition) is 5. The van der Waals surface area contributed by atoms with Crippen molar-refractivity contribution in [2.45, 2.75) is 13.8 Å². The summed E-state index contributed by atoms with van der Waals surface area (Å²) in [5, 5.41) is 7.92. The number of thiazole rings is 1. The van der Waals surface area contributed by atoms with Crippen molar-refractivity contribution in [1.82, 2.24) is 15.6 Å². The maximum atomic E-state index is 11.9. The predicted molar refractivity (Wildman–Crippen MR) is 92.6 cm³/mol. The highest BCUT2D eigenvalue weighted by atomic mass is 32.1. The van der Waals surface area contributed by atoms with Gasteiger partial charge in [-0.1, -0.05) is 41.7 Å². The van der Waals surface area contributed by atoms with Crippen LogP contribution in [0.3, 0.4) is 0 Å². The van der Waals surface area contributed by atoms with Crippen LogP contribution in [0.2, 0.25) is 0 Å². The standard InChI is InChI=1S/C16H18N4O3S/c1-10-15(12-6-4-3-5-7-12)24-16(19-10)20-14(23)9-18-13(22)8-17-11(2)21/h3-7H,8-9H2,1-2H3,(H,17,21)(H,18,22)(H,19,20,23). The SMILES string of the molecule is CC(=O)NCC(=O)NCC(=O)Nc1nc(C)c(-c2ccccc2)s1.